The molecule has 0 unspecified atom stereocenters. The van der Waals surface area contributed by atoms with Crippen LogP contribution in [0.25, 0.3) is 11.3 Å². The monoisotopic (exact) mass is 405 g/mol. The maximum absolute atomic E-state index is 13.0. The Labute approximate surface area is 176 Å². The second-order valence-corrected chi connectivity index (χ2v) is 7.87. The first-order valence-corrected chi connectivity index (χ1v) is 10.4. The summed E-state index contributed by atoms with van der Waals surface area (Å²) in [5, 5.41) is 0.708. The molecule has 0 radical (unpaired) electrons. The zero-order valence-corrected chi connectivity index (χ0v) is 17.5. The van der Waals surface area contributed by atoms with E-state index in [9.17, 15) is 4.79 Å². The summed E-state index contributed by atoms with van der Waals surface area (Å²) in [7, 11) is 0. The Morgan fingerprint density at radius 1 is 1.00 bits per heavy atom. The molecule has 0 saturated carbocycles. The van der Waals surface area contributed by atoms with E-state index in [4.69, 9.17) is 21.6 Å². The highest BCUT2D eigenvalue weighted by Gasteiger charge is 2.24. The van der Waals surface area contributed by atoms with Crippen molar-refractivity contribution in [1.82, 2.24) is 14.9 Å². The minimum atomic E-state index is 0.0783. The van der Waals surface area contributed by atoms with Crippen molar-refractivity contribution in [3.63, 3.8) is 0 Å². The van der Waals surface area contributed by atoms with Gasteiger partial charge in [-0.05, 0) is 37.6 Å². The van der Waals surface area contributed by atoms with E-state index < -0.39 is 0 Å². The van der Waals surface area contributed by atoms with Crippen LogP contribution in [0.15, 0.2) is 48.5 Å². The van der Waals surface area contributed by atoms with Gasteiger partial charge in [0.15, 0.2) is 0 Å². The van der Waals surface area contributed by atoms with Crippen molar-refractivity contribution in [3.05, 3.63) is 81.8 Å². The Morgan fingerprint density at radius 2 is 1.69 bits per heavy atom. The molecule has 0 bridgehead atoms. The van der Waals surface area contributed by atoms with Gasteiger partial charge in [-0.25, -0.2) is 9.97 Å². The molecule has 0 spiro atoms. The SMILES string of the molecule is CCc1nc2c(c(-c3ccc(Cl)cc3)n1)CCN(C(=O)c1ccc(C)cc1)CC2. The molecule has 0 fully saturated rings. The number of aryl methyl sites for hydroxylation is 2. The van der Waals surface area contributed by atoms with Crippen molar-refractivity contribution < 1.29 is 4.79 Å². The maximum atomic E-state index is 13.0. The van der Waals surface area contributed by atoms with Crippen LogP contribution in [0.1, 0.15) is 39.9 Å². The number of hydrogen-bond acceptors (Lipinski definition) is 3. The minimum absolute atomic E-state index is 0.0783. The first kappa shape index (κ1) is 19.6. The van der Waals surface area contributed by atoms with Gasteiger partial charge in [0.05, 0.1) is 5.69 Å². The van der Waals surface area contributed by atoms with Gasteiger partial charge < -0.3 is 4.90 Å². The molecule has 1 aliphatic rings. The van der Waals surface area contributed by atoms with Gasteiger partial charge in [0.25, 0.3) is 5.91 Å². The van der Waals surface area contributed by atoms with Gasteiger partial charge in [0.2, 0.25) is 0 Å². The third-order valence-electron chi connectivity index (χ3n) is 5.41. The normalized spacial score (nSPS) is 13.7. The number of benzene rings is 2. The highest BCUT2D eigenvalue weighted by Crippen LogP contribution is 2.28. The molecular weight excluding hydrogens is 382 g/mol. The molecule has 0 atom stereocenters. The quantitative estimate of drug-likeness (QED) is 0.622. The number of nitrogens with zero attached hydrogens (tertiary/aromatic N) is 3. The second kappa shape index (κ2) is 8.34. The van der Waals surface area contributed by atoms with E-state index in [1.807, 2.05) is 60.4 Å². The minimum Gasteiger partial charge on any atom is -0.338 e. The topological polar surface area (TPSA) is 46.1 Å². The molecule has 0 saturated heterocycles. The molecule has 0 aliphatic carbocycles. The fourth-order valence-electron chi connectivity index (χ4n) is 3.74. The predicted molar refractivity (Wildman–Crippen MR) is 116 cm³/mol. The van der Waals surface area contributed by atoms with Gasteiger partial charge in [-0.2, -0.15) is 0 Å². The van der Waals surface area contributed by atoms with Crippen LogP contribution < -0.4 is 0 Å². The Hall–Kier alpha value is -2.72. The molecule has 0 N–H and O–H groups in total. The number of aromatic nitrogens is 2. The van der Waals surface area contributed by atoms with E-state index in [0.717, 1.165) is 58.7 Å². The molecule has 4 rings (SSSR count). The molecular formula is C24H24ClN3O. The molecule has 5 heteroatoms. The van der Waals surface area contributed by atoms with Gasteiger partial charge in [0.1, 0.15) is 5.82 Å². The smallest absolute Gasteiger partial charge is 0.253 e. The summed E-state index contributed by atoms with van der Waals surface area (Å²) in [6, 6.07) is 15.6. The van der Waals surface area contributed by atoms with Gasteiger partial charge in [-0.15, -0.1) is 0 Å². The van der Waals surface area contributed by atoms with Crippen molar-refractivity contribution in [2.45, 2.75) is 33.1 Å². The lowest BCUT2D eigenvalue weighted by molar-refractivity contribution is 0.0763. The van der Waals surface area contributed by atoms with Crippen LogP contribution in [0, 0.1) is 6.92 Å². The van der Waals surface area contributed by atoms with Crippen molar-refractivity contribution in [2.24, 2.45) is 0 Å². The van der Waals surface area contributed by atoms with E-state index in [-0.39, 0.29) is 5.91 Å². The van der Waals surface area contributed by atoms with Crippen LogP contribution in [0.5, 0.6) is 0 Å². The molecule has 3 aromatic rings. The van der Waals surface area contributed by atoms with E-state index in [1.165, 1.54) is 0 Å². The molecule has 2 aromatic carbocycles. The predicted octanol–water partition coefficient (Wildman–Crippen LogP) is 4.91. The highest BCUT2D eigenvalue weighted by atomic mass is 35.5. The van der Waals surface area contributed by atoms with Crippen molar-refractivity contribution in [1.29, 1.82) is 0 Å². The van der Waals surface area contributed by atoms with Crippen LogP contribution in [0.2, 0.25) is 5.02 Å². The zero-order chi connectivity index (χ0) is 20.4. The molecule has 1 aromatic heterocycles. The average molecular weight is 406 g/mol. The summed E-state index contributed by atoms with van der Waals surface area (Å²) in [5.41, 5.74) is 6.10. The highest BCUT2D eigenvalue weighted by molar-refractivity contribution is 6.30. The Balaban J connectivity index is 1.65. The van der Waals surface area contributed by atoms with Crippen LogP contribution in [0.4, 0.5) is 0 Å². The number of amides is 1. The van der Waals surface area contributed by atoms with Crippen molar-refractivity contribution >= 4 is 17.5 Å². The van der Waals surface area contributed by atoms with Crippen LogP contribution in [-0.4, -0.2) is 33.9 Å². The summed E-state index contributed by atoms with van der Waals surface area (Å²) in [4.78, 5) is 24.6. The van der Waals surface area contributed by atoms with Crippen LogP contribution >= 0.6 is 11.6 Å². The average Bonchev–Trinajstić information content (AvgIpc) is 2.96. The lowest BCUT2D eigenvalue weighted by Crippen LogP contribution is -2.33. The summed E-state index contributed by atoms with van der Waals surface area (Å²) < 4.78 is 0. The molecule has 2 heterocycles. The lowest BCUT2D eigenvalue weighted by Gasteiger charge is -2.20. The van der Waals surface area contributed by atoms with Crippen molar-refractivity contribution in [3.8, 4) is 11.3 Å². The Bertz CT molecular complexity index is 1030. The zero-order valence-electron chi connectivity index (χ0n) is 16.8. The molecule has 4 nitrogen and oxygen atoms in total. The summed E-state index contributed by atoms with van der Waals surface area (Å²) in [6.07, 6.45) is 2.26. The molecule has 1 aliphatic heterocycles. The number of fused-ring (bicyclic) bond motifs is 1. The fraction of sp³-hybridized carbons (Fsp3) is 0.292. The van der Waals surface area contributed by atoms with Gasteiger partial charge in [-0.3, -0.25) is 4.79 Å². The van der Waals surface area contributed by atoms with Gasteiger partial charge in [0, 0.05) is 53.3 Å². The summed E-state index contributed by atoms with van der Waals surface area (Å²) in [5.74, 6) is 0.918. The van der Waals surface area contributed by atoms with Crippen LogP contribution in [0.3, 0.4) is 0 Å². The molecule has 29 heavy (non-hydrogen) atoms. The lowest BCUT2D eigenvalue weighted by atomic mass is 10.0. The number of carbonyl (C=O) groups is 1. The number of rotatable bonds is 3. The maximum Gasteiger partial charge on any atom is 0.253 e. The van der Waals surface area contributed by atoms with E-state index in [0.29, 0.717) is 18.1 Å². The number of hydrogen-bond donors (Lipinski definition) is 0. The molecule has 1 amide bonds. The van der Waals surface area contributed by atoms with E-state index in [2.05, 4.69) is 6.92 Å². The molecule has 148 valence electrons. The van der Waals surface area contributed by atoms with Gasteiger partial charge in [-0.1, -0.05) is 48.4 Å². The standard InChI is InChI=1S/C24H24ClN3O/c1-3-22-26-21-13-15-28(24(29)18-6-4-16(2)5-7-18)14-12-20(21)23(27-22)17-8-10-19(25)11-9-17/h4-11H,3,12-15H2,1-2H3. The Morgan fingerprint density at radius 3 is 2.38 bits per heavy atom. The fourth-order valence-corrected chi connectivity index (χ4v) is 3.86. The van der Waals surface area contributed by atoms with Crippen molar-refractivity contribution in [2.75, 3.05) is 13.1 Å². The van der Waals surface area contributed by atoms with E-state index in [1.54, 1.807) is 0 Å². The van der Waals surface area contributed by atoms with E-state index >= 15 is 0 Å². The van der Waals surface area contributed by atoms with Crippen LogP contribution in [-0.2, 0) is 19.3 Å². The third kappa shape index (κ3) is 4.18. The number of carbonyl (C=O) groups excluding carboxylic acids is 1. The first-order chi connectivity index (χ1) is 14.0. The third-order valence-corrected chi connectivity index (χ3v) is 5.66. The second-order valence-electron chi connectivity index (χ2n) is 7.43. The first-order valence-electron chi connectivity index (χ1n) is 10.1. The number of halogens is 1. The van der Waals surface area contributed by atoms with Gasteiger partial charge >= 0.3 is 0 Å². The summed E-state index contributed by atoms with van der Waals surface area (Å²) in [6.45, 7) is 5.42. The largest absolute Gasteiger partial charge is 0.338 e. The Kier molecular flexibility index (Phi) is 5.63. The summed E-state index contributed by atoms with van der Waals surface area (Å²) >= 11 is 6.07.